The molecule has 0 radical (unpaired) electrons. The zero-order valence-electron chi connectivity index (χ0n) is 15.4. The molecule has 1 aromatic carbocycles. The highest BCUT2D eigenvalue weighted by molar-refractivity contribution is 5.45. The number of piperidine rings is 1. The van der Waals surface area contributed by atoms with Crippen LogP contribution in [-0.2, 0) is 6.42 Å². The van der Waals surface area contributed by atoms with E-state index in [0.717, 1.165) is 22.9 Å². The molecule has 140 valence electrons. The summed E-state index contributed by atoms with van der Waals surface area (Å²) in [6, 6.07) is 13.0. The van der Waals surface area contributed by atoms with Crippen LogP contribution in [0.2, 0.25) is 0 Å². The zero-order chi connectivity index (χ0) is 18.4. The Hall–Kier alpha value is -2.67. The first-order valence-electron chi connectivity index (χ1n) is 9.63. The lowest BCUT2D eigenvalue weighted by Gasteiger charge is -2.36. The van der Waals surface area contributed by atoms with Crippen LogP contribution in [0.25, 0.3) is 5.65 Å². The largest absolute Gasteiger partial charge is 0.508 e. The van der Waals surface area contributed by atoms with Crippen LogP contribution in [0.3, 0.4) is 0 Å². The van der Waals surface area contributed by atoms with Gasteiger partial charge in [-0.15, -0.1) is 15.3 Å². The van der Waals surface area contributed by atoms with Crippen molar-refractivity contribution in [3.8, 4) is 5.75 Å². The van der Waals surface area contributed by atoms with E-state index in [1.54, 1.807) is 12.1 Å². The average molecular weight is 364 g/mol. The van der Waals surface area contributed by atoms with Gasteiger partial charge in [0.25, 0.3) is 0 Å². The van der Waals surface area contributed by atoms with E-state index in [9.17, 15) is 5.11 Å². The number of nitrogens with one attached hydrogen (secondary N) is 1. The van der Waals surface area contributed by atoms with E-state index in [0.29, 0.717) is 24.5 Å². The highest BCUT2D eigenvalue weighted by atomic mass is 16.3. The highest BCUT2D eigenvalue weighted by Gasteiger charge is 2.38. The molecular formula is C20H24N6O. The van der Waals surface area contributed by atoms with Crippen LogP contribution in [0.4, 0.5) is 5.82 Å². The monoisotopic (exact) mass is 364 g/mol. The summed E-state index contributed by atoms with van der Waals surface area (Å²) in [5.74, 6) is 1.94. The van der Waals surface area contributed by atoms with E-state index < -0.39 is 0 Å². The van der Waals surface area contributed by atoms with Crippen molar-refractivity contribution >= 4 is 11.5 Å². The van der Waals surface area contributed by atoms with Gasteiger partial charge < -0.3 is 15.3 Å². The number of phenols is 1. The second-order valence-corrected chi connectivity index (χ2v) is 7.81. The number of hydrogen-bond acceptors (Lipinski definition) is 6. The van der Waals surface area contributed by atoms with Crippen LogP contribution in [0.15, 0.2) is 36.4 Å². The quantitative estimate of drug-likeness (QED) is 0.740. The predicted molar refractivity (Wildman–Crippen MR) is 103 cm³/mol. The van der Waals surface area contributed by atoms with Crippen molar-refractivity contribution in [1.82, 2.24) is 24.7 Å². The Labute approximate surface area is 158 Å². The lowest BCUT2D eigenvalue weighted by Crippen LogP contribution is -2.44. The van der Waals surface area contributed by atoms with E-state index in [1.807, 2.05) is 28.8 Å². The molecule has 2 atom stereocenters. The summed E-state index contributed by atoms with van der Waals surface area (Å²) in [6.45, 7) is 0. The first kappa shape index (κ1) is 16.5. The van der Waals surface area contributed by atoms with E-state index in [-0.39, 0.29) is 5.75 Å². The summed E-state index contributed by atoms with van der Waals surface area (Å²) in [4.78, 5) is 2.55. The molecule has 2 N–H and O–H groups in total. The third-order valence-electron chi connectivity index (χ3n) is 6.08. The standard InChI is InChI=1S/C20H24N6O/c1-25-15-4-5-16(25)12-14(11-15)21-18-8-9-19-22-23-20(26(19)24-18)10-13-2-6-17(27)7-3-13/h2-3,6-9,14-16,27H,4-5,10-12H2,1H3,(H,21,24). The van der Waals surface area contributed by atoms with Gasteiger partial charge in [-0.05, 0) is 62.6 Å². The van der Waals surface area contributed by atoms with Gasteiger partial charge in [0.2, 0.25) is 0 Å². The van der Waals surface area contributed by atoms with Gasteiger partial charge in [0.1, 0.15) is 11.6 Å². The van der Waals surface area contributed by atoms with E-state index in [2.05, 4.69) is 27.5 Å². The summed E-state index contributed by atoms with van der Waals surface area (Å²) in [6.07, 6.45) is 5.60. The number of hydrogen-bond donors (Lipinski definition) is 2. The number of nitrogens with zero attached hydrogens (tertiary/aromatic N) is 5. The third-order valence-corrected chi connectivity index (χ3v) is 6.08. The van der Waals surface area contributed by atoms with Crippen molar-refractivity contribution < 1.29 is 5.11 Å². The molecule has 7 heteroatoms. The number of aromatic nitrogens is 4. The predicted octanol–water partition coefficient (Wildman–Crippen LogP) is 2.46. The summed E-state index contributed by atoms with van der Waals surface area (Å²) < 4.78 is 1.82. The molecule has 7 nitrogen and oxygen atoms in total. The van der Waals surface area contributed by atoms with Crippen LogP contribution in [0.5, 0.6) is 5.75 Å². The normalized spacial score (nSPS) is 25.1. The number of aromatic hydroxyl groups is 1. The van der Waals surface area contributed by atoms with Crippen LogP contribution >= 0.6 is 0 Å². The van der Waals surface area contributed by atoms with Gasteiger partial charge in [-0.1, -0.05) is 12.1 Å². The molecule has 2 unspecified atom stereocenters. The molecule has 0 aliphatic carbocycles. The van der Waals surface area contributed by atoms with Gasteiger partial charge in [0.15, 0.2) is 11.5 Å². The molecular weight excluding hydrogens is 340 g/mol. The van der Waals surface area contributed by atoms with E-state index in [1.165, 1.54) is 25.7 Å². The number of anilines is 1. The Bertz CT molecular complexity index is 939. The van der Waals surface area contributed by atoms with Crippen molar-refractivity contribution in [3.63, 3.8) is 0 Å². The Morgan fingerprint density at radius 2 is 1.78 bits per heavy atom. The first-order chi connectivity index (χ1) is 13.2. The Morgan fingerprint density at radius 1 is 1.04 bits per heavy atom. The van der Waals surface area contributed by atoms with Gasteiger partial charge >= 0.3 is 0 Å². The van der Waals surface area contributed by atoms with Crippen LogP contribution < -0.4 is 5.32 Å². The smallest absolute Gasteiger partial charge is 0.178 e. The van der Waals surface area contributed by atoms with Gasteiger partial charge in [0.05, 0.1) is 0 Å². The Balaban J connectivity index is 1.36. The van der Waals surface area contributed by atoms with Crippen molar-refractivity contribution in [2.45, 2.75) is 50.2 Å². The van der Waals surface area contributed by atoms with Crippen LogP contribution in [0.1, 0.15) is 37.1 Å². The molecule has 2 bridgehead atoms. The molecule has 2 aliphatic heterocycles. The van der Waals surface area contributed by atoms with Crippen molar-refractivity contribution in [1.29, 1.82) is 0 Å². The number of phenolic OH excluding ortho intramolecular Hbond substituents is 1. The lowest BCUT2D eigenvalue weighted by molar-refractivity contribution is 0.168. The van der Waals surface area contributed by atoms with Gasteiger partial charge in [-0.25, -0.2) is 0 Å². The summed E-state index contributed by atoms with van der Waals surface area (Å²) in [5, 5.41) is 26.4. The maximum absolute atomic E-state index is 9.45. The first-order valence-corrected chi connectivity index (χ1v) is 9.63. The Morgan fingerprint density at radius 3 is 2.52 bits per heavy atom. The lowest BCUT2D eigenvalue weighted by atomic mass is 9.98. The number of fused-ring (bicyclic) bond motifs is 3. The third kappa shape index (κ3) is 3.12. The van der Waals surface area contributed by atoms with Crippen LogP contribution in [-0.4, -0.2) is 55.0 Å². The summed E-state index contributed by atoms with van der Waals surface area (Å²) in [5.41, 5.74) is 1.81. The average Bonchev–Trinajstić information content (AvgIpc) is 3.13. The topological polar surface area (TPSA) is 78.6 Å². The summed E-state index contributed by atoms with van der Waals surface area (Å²) >= 11 is 0. The molecule has 2 fully saturated rings. The Kier molecular flexibility index (Phi) is 3.97. The fraction of sp³-hybridized carbons (Fsp3) is 0.450. The molecule has 0 spiro atoms. The molecule has 3 aromatic rings. The van der Waals surface area contributed by atoms with Crippen molar-refractivity contribution in [3.05, 3.63) is 47.8 Å². The molecule has 2 aliphatic rings. The minimum atomic E-state index is 0.265. The fourth-order valence-electron chi connectivity index (χ4n) is 4.56. The molecule has 2 aromatic heterocycles. The molecule has 0 saturated carbocycles. The van der Waals surface area contributed by atoms with Crippen LogP contribution in [0, 0.1) is 0 Å². The van der Waals surface area contributed by atoms with Gasteiger partial charge in [-0.3, -0.25) is 0 Å². The molecule has 2 saturated heterocycles. The maximum Gasteiger partial charge on any atom is 0.178 e. The second-order valence-electron chi connectivity index (χ2n) is 7.81. The van der Waals surface area contributed by atoms with Crippen molar-refractivity contribution in [2.75, 3.05) is 12.4 Å². The van der Waals surface area contributed by atoms with Gasteiger partial charge in [0, 0.05) is 24.5 Å². The molecule has 4 heterocycles. The zero-order valence-corrected chi connectivity index (χ0v) is 15.4. The summed E-state index contributed by atoms with van der Waals surface area (Å²) in [7, 11) is 2.26. The fourth-order valence-corrected chi connectivity index (χ4v) is 4.56. The maximum atomic E-state index is 9.45. The van der Waals surface area contributed by atoms with Gasteiger partial charge in [-0.2, -0.15) is 4.52 Å². The number of benzene rings is 1. The molecule has 5 rings (SSSR count). The number of rotatable bonds is 4. The highest BCUT2D eigenvalue weighted by Crippen LogP contribution is 2.35. The minimum absolute atomic E-state index is 0.265. The van der Waals surface area contributed by atoms with Crippen molar-refractivity contribution in [2.24, 2.45) is 0 Å². The minimum Gasteiger partial charge on any atom is -0.508 e. The van der Waals surface area contributed by atoms with E-state index in [4.69, 9.17) is 5.10 Å². The SMILES string of the molecule is CN1C2CCC1CC(Nc1ccc3nnc(Cc4ccc(O)cc4)n3n1)C2. The molecule has 27 heavy (non-hydrogen) atoms. The van der Waals surface area contributed by atoms with E-state index >= 15 is 0 Å². The molecule has 0 amide bonds. The second kappa shape index (κ2) is 6.49.